The van der Waals surface area contributed by atoms with Gasteiger partial charge in [-0.25, -0.2) is 4.39 Å². The SMILES string of the molecule is Cc1cc(C(=O)n2c(C)c(CC(=O)O)c3cc(Cl)ccc32)c(C)cc1OC[C@@H]1CN(C)c2cc(F)ccc2O1. The molecule has 1 N–H and O–H groups in total. The molecule has 202 valence electrons. The highest BCUT2D eigenvalue weighted by Gasteiger charge is 2.26. The first-order chi connectivity index (χ1) is 18.5. The summed E-state index contributed by atoms with van der Waals surface area (Å²) in [5, 5.41) is 10.6. The Bertz CT molecular complexity index is 1630. The molecule has 0 amide bonds. The predicted molar refractivity (Wildman–Crippen MR) is 148 cm³/mol. The molecule has 0 saturated heterocycles. The molecular formula is C30H28ClFN2O5. The Morgan fingerprint density at radius 1 is 1.10 bits per heavy atom. The second-order valence-corrected chi connectivity index (χ2v) is 10.3. The molecule has 39 heavy (non-hydrogen) atoms. The zero-order valence-corrected chi connectivity index (χ0v) is 22.8. The first-order valence-electron chi connectivity index (χ1n) is 12.5. The number of benzene rings is 3. The zero-order chi connectivity index (χ0) is 28.0. The van der Waals surface area contributed by atoms with Gasteiger partial charge in [-0.05, 0) is 79.9 Å². The number of carboxylic acids is 1. The van der Waals surface area contributed by atoms with Crippen LogP contribution < -0.4 is 14.4 Å². The van der Waals surface area contributed by atoms with Crippen molar-refractivity contribution in [3.05, 3.63) is 87.3 Å². The van der Waals surface area contributed by atoms with Gasteiger partial charge in [0, 0.05) is 34.8 Å². The lowest BCUT2D eigenvalue weighted by Crippen LogP contribution is -2.41. The monoisotopic (exact) mass is 550 g/mol. The molecule has 0 aliphatic carbocycles. The number of anilines is 1. The number of ether oxygens (including phenoxy) is 2. The second kappa shape index (κ2) is 10.3. The Hall–Kier alpha value is -4.04. The maximum atomic E-state index is 13.8. The van der Waals surface area contributed by atoms with Crippen molar-refractivity contribution in [3.63, 3.8) is 0 Å². The Morgan fingerprint density at radius 3 is 2.62 bits per heavy atom. The molecule has 0 radical (unpaired) electrons. The fourth-order valence-electron chi connectivity index (χ4n) is 5.17. The second-order valence-electron chi connectivity index (χ2n) is 9.91. The van der Waals surface area contributed by atoms with Gasteiger partial charge in [-0.1, -0.05) is 11.6 Å². The van der Waals surface area contributed by atoms with Crippen LogP contribution in [0.4, 0.5) is 10.1 Å². The van der Waals surface area contributed by atoms with Crippen LogP contribution in [0.1, 0.15) is 32.7 Å². The molecule has 0 bridgehead atoms. The maximum Gasteiger partial charge on any atom is 0.307 e. The Kier molecular flexibility index (Phi) is 6.99. The van der Waals surface area contributed by atoms with Crippen molar-refractivity contribution in [1.82, 2.24) is 4.57 Å². The van der Waals surface area contributed by atoms with Gasteiger partial charge in [0.2, 0.25) is 0 Å². The Morgan fingerprint density at radius 2 is 1.87 bits per heavy atom. The molecule has 9 heteroatoms. The summed E-state index contributed by atoms with van der Waals surface area (Å²) in [6.07, 6.45) is -0.478. The molecule has 0 fully saturated rings. The van der Waals surface area contributed by atoms with Crippen LogP contribution in [0.2, 0.25) is 5.02 Å². The first-order valence-corrected chi connectivity index (χ1v) is 12.9. The molecule has 0 saturated carbocycles. The fraction of sp³-hybridized carbons (Fsp3) is 0.267. The van der Waals surface area contributed by atoms with E-state index in [9.17, 15) is 19.1 Å². The minimum Gasteiger partial charge on any atom is -0.489 e. The van der Waals surface area contributed by atoms with Crippen molar-refractivity contribution in [2.75, 3.05) is 25.1 Å². The molecule has 0 spiro atoms. The van der Waals surface area contributed by atoms with E-state index in [0.29, 0.717) is 56.5 Å². The lowest BCUT2D eigenvalue weighted by atomic mass is 10.0. The zero-order valence-electron chi connectivity index (χ0n) is 22.0. The van der Waals surface area contributed by atoms with E-state index in [1.165, 1.54) is 12.1 Å². The van der Waals surface area contributed by atoms with Crippen molar-refractivity contribution in [1.29, 1.82) is 0 Å². The molecule has 1 aliphatic rings. The number of nitrogens with zero attached hydrogens (tertiary/aromatic N) is 2. The summed E-state index contributed by atoms with van der Waals surface area (Å²) in [7, 11) is 1.88. The van der Waals surface area contributed by atoms with Gasteiger partial charge in [-0.15, -0.1) is 0 Å². The van der Waals surface area contributed by atoms with Crippen LogP contribution in [0.15, 0.2) is 48.5 Å². The highest BCUT2D eigenvalue weighted by atomic mass is 35.5. The third-order valence-corrected chi connectivity index (χ3v) is 7.34. The molecule has 1 aromatic heterocycles. The number of hydrogen-bond acceptors (Lipinski definition) is 5. The minimum absolute atomic E-state index is 0.217. The summed E-state index contributed by atoms with van der Waals surface area (Å²) in [4.78, 5) is 27.3. The normalized spacial score (nSPS) is 14.7. The molecule has 1 atom stereocenters. The van der Waals surface area contributed by atoms with Crippen LogP contribution in [0, 0.1) is 26.6 Å². The number of carbonyl (C=O) groups is 2. The van der Waals surface area contributed by atoms with E-state index >= 15 is 0 Å². The van der Waals surface area contributed by atoms with E-state index in [4.69, 9.17) is 21.1 Å². The van der Waals surface area contributed by atoms with Gasteiger partial charge < -0.3 is 19.5 Å². The van der Waals surface area contributed by atoms with Crippen LogP contribution in [0.3, 0.4) is 0 Å². The van der Waals surface area contributed by atoms with Crippen LogP contribution in [0.5, 0.6) is 11.5 Å². The van der Waals surface area contributed by atoms with E-state index in [1.807, 2.05) is 31.9 Å². The van der Waals surface area contributed by atoms with Gasteiger partial charge >= 0.3 is 5.97 Å². The summed E-state index contributed by atoms with van der Waals surface area (Å²) in [5.74, 6) is -0.325. The molecule has 7 nitrogen and oxygen atoms in total. The van der Waals surface area contributed by atoms with Crippen LogP contribution >= 0.6 is 11.6 Å². The topological polar surface area (TPSA) is 81.0 Å². The summed E-state index contributed by atoms with van der Waals surface area (Å²) >= 11 is 6.19. The van der Waals surface area contributed by atoms with Crippen molar-refractivity contribution in [2.24, 2.45) is 0 Å². The molecule has 5 rings (SSSR count). The van der Waals surface area contributed by atoms with E-state index < -0.39 is 5.97 Å². The van der Waals surface area contributed by atoms with Crippen LogP contribution in [0.25, 0.3) is 10.9 Å². The third kappa shape index (κ3) is 5.04. The lowest BCUT2D eigenvalue weighted by Gasteiger charge is -2.33. The molecule has 4 aromatic rings. The maximum absolute atomic E-state index is 13.8. The number of aliphatic carboxylic acids is 1. The Labute approximate surface area is 230 Å². The number of halogens is 2. The smallest absolute Gasteiger partial charge is 0.307 e. The number of likely N-dealkylation sites (N-methyl/N-ethyl adjacent to an activating group) is 1. The molecule has 1 aliphatic heterocycles. The van der Waals surface area contributed by atoms with Crippen LogP contribution in [-0.4, -0.2) is 47.9 Å². The number of aryl methyl sites for hydroxylation is 2. The molecular weight excluding hydrogens is 523 g/mol. The summed E-state index contributed by atoms with van der Waals surface area (Å²) < 4.78 is 27.3. The van der Waals surface area contributed by atoms with Crippen molar-refractivity contribution < 1.29 is 28.6 Å². The number of rotatable bonds is 6. The minimum atomic E-state index is -0.984. The third-order valence-electron chi connectivity index (χ3n) is 7.11. The number of aromatic nitrogens is 1. The van der Waals surface area contributed by atoms with Gasteiger partial charge in [-0.3, -0.25) is 14.2 Å². The molecule has 0 unspecified atom stereocenters. The summed E-state index contributed by atoms with van der Waals surface area (Å²) in [5.41, 5.74) is 4.41. The summed E-state index contributed by atoms with van der Waals surface area (Å²) in [6, 6.07) is 13.2. The molecule has 3 aromatic carbocycles. The highest BCUT2D eigenvalue weighted by molar-refractivity contribution is 6.31. The van der Waals surface area contributed by atoms with Gasteiger partial charge in [-0.2, -0.15) is 0 Å². The largest absolute Gasteiger partial charge is 0.489 e. The number of hydrogen-bond donors (Lipinski definition) is 1. The number of fused-ring (bicyclic) bond motifs is 2. The van der Waals surface area contributed by atoms with Crippen molar-refractivity contribution >= 4 is 40.1 Å². The standard InChI is InChI=1S/C30H28ClFN2O5/c1-16-10-28(38-15-21-14-33(4)26-12-20(32)6-8-27(26)39-21)17(2)9-22(16)30(37)34-18(3)23(13-29(35)36)24-11-19(31)5-7-25(24)34/h5-12,21H,13-15H2,1-4H3,(H,35,36)/t21-/m0/s1. The summed E-state index contributed by atoms with van der Waals surface area (Å²) in [6.45, 7) is 6.26. The van der Waals surface area contributed by atoms with Gasteiger partial charge in [0.25, 0.3) is 5.91 Å². The van der Waals surface area contributed by atoms with Gasteiger partial charge in [0.05, 0.1) is 24.2 Å². The lowest BCUT2D eigenvalue weighted by molar-refractivity contribution is -0.136. The number of carbonyl (C=O) groups excluding carboxylic acids is 1. The number of carboxylic acid groups (broad SMARTS) is 1. The average molecular weight is 551 g/mol. The van der Waals surface area contributed by atoms with Gasteiger partial charge in [0.15, 0.2) is 0 Å². The fourth-order valence-corrected chi connectivity index (χ4v) is 5.34. The predicted octanol–water partition coefficient (Wildman–Crippen LogP) is 5.95. The Balaban J connectivity index is 1.40. The highest BCUT2D eigenvalue weighted by Crippen LogP contribution is 2.34. The van der Waals surface area contributed by atoms with E-state index in [1.54, 1.807) is 41.8 Å². The quantitative estimate of drug-likeness (QED) is 0.319. The van der Waals surface area contributed by atoms with E-state index in [-0.39, 0.29) is 30.9 Å². The van der Waals surface area contributed by atoms with Crippen molar-refractivity contribution in [2.45, 2.75) is 33.3 Å². The van der Waals surface area contributed by atoms with Gasteiger partial charge in [0.1, 0.15) is 30.0 Å². The first kappa shape index (κ1) is 26.6. The average Bonchev–Trinajstić information content (AvgIpc) is 3.14. The van der Waals surface area contributed by atoms with Crippen LogP contribution in [-0.2, 0) is 11.2 Å². The van der Waals surface area contributed by atoms with E-state index in [0.717, 1.165) is 11.1 Å². The van der Waals surface area contributed by atoms with Crippen molar-refractivity contribution in [3.8, 4) is 11.5 Å². The molecule has 2 heterocycles. The van der Waals surface area contributed by atoms with E-state index in [2.05, 4.69) is 0 Å².